The van der Waals surface area contributed by atoms with Crippen LogP contribution in [0.2, 0.25) is 0 Å². The molecule has 2 aliphatic carbocycles. The molecule has 0 spiro atoms. The maximum absolute atomic E-state index is 11.1. The van der Waals surface area contributed by atoms with E-state index in [1.54, 1.807) is 18.5 Å². The first-order chi connectivity index (χ1) is 9.49. The van der Waals surface area contributed by atoms with E-state index in [0.717, 1.165) is 11.8 Å². The Balaban J connectivity index is 1.76. The summed E-state index contributed by atoms with van der Waals surface area (Å²) in [5.74, 6) is 1.67. The molecule has 0 atom stereocenters. The van der Waals surface area contributed by atoms with Crippen molar-refractivity contribution in [3.63, 3.8) is 0 Å². The summed E-state index contributed by atoms with van der Waals surface area (Å²) in [5.41, 5.74) is 1.33. The molecule has 0 aromatic carbocycles. The zero-order valence-corrected chi connectivity index (χ0v) is 12.4. The van der Waals surface area contributed by atoms with Crippen molar-refractivity contribution in [2.24, 2.45) is 11.8 Å². The van der Waals surface area contributed by atoms with Crippen LogP contribution in [0.5, 0.6) is 0 Å². The highest BCUT2D eigenvalue weighted by Gasteiger charge is 2.43. The Labute approximate surface area is 118 Å². The molecule has 3 rings (SSSR count). The zero-order chi connectivity index (χ0) is 14.4. The van der Waals surface area contributed by atoms with Gasteiger partial charge in [-0.3, -0.25) is 15.0 Å². The molecule has 0 N–H and O–H groups in total. The number of hydrogen-bond donors (Lipinski definition) is 0. The van der Waals surface area contributed by atoms with Gasteiger partial charge in [-0.15, -0.1) is 0 Å². The molecule has 0 saturated heterocycles. The van der Waals surface area contributed by atoms with Crippen LogP contribution in [-0.2, 0) is 6.67 Å². The van der Waals surface area contributed by atoms with Crippen LogP contribution in [0.25, 0.3) is 0 Å². The molecule has 1 aromatic rings. The predicted molar refractivity (Wildman–Crippen MR) is 75.4 cm³/mol. The van der Waals surface area contributed by atoms with Crippen LogP contribution >= 0.6 is 0 Å². The number of aryl methyl sites for hydroxylation is 1. The molecule has 1 aromatic heterocycles. The predicted octanol–water partition coefficient (Wildman–Crippen LogP) is 2.49. The SMILES string of the molecule is Cc1nn(CN(C)C(C2CC2)C2CC2)c(C)c1[N+](=O)[O-]. The van der Waals surface area contributed by atoms with E-state index in [4.69, 9.17) is 0 Å². The Morgan fingerprint density at radius 1 is 1.35 bits per heavy atom. The summed E-state index contributed by atoms with van der Waals surface area (Å²) >= 11 is 0. The summed E-state index contributed by atoms with van der Waals surface area (Å²) in [4.78, 5) is 13.1. The Morgan fingerprint density at radius 3 is 2.30 bits per heavy atom. The summed E-state index contributed by atoms with van der Waals surface area (Å²) < 4.78 is 1.78. The van der Waals surface area contributed by atoms with Crippen molar-refractivity contribution in [1.29, 1.82) is 0 Å². The normalized spacial score (nSPS) is 19.1. The lowest BCUT2D eigenvalue weighted by Gasteiger charge is -2.28. The second-order valence-electron chi connectivity index (χ2n) is 6.34. The van der Waals surface area contributed by atoms with Crippen molar-refractivity contribution in [3.05, 3.63) is 21.5 Å². The molecule has 2 fully saturated rings. The Kier molecular flexibility index (Phi) is 3.28. The van der Waals surface area contributed by atoms with Crippen LogP contribution in [0.15, 0.2) is 0 Å². The molecule has 6 nitrogen and oxygen atoms in total. The van der Waals surface area contributed by atoms with Gasteiger partial charge in [0.1, 0.15) is 11.4 Å². The summed E-state index contributed by atoms with van der Waals surface area (Å²) in [6.45, 7) is 4.15. The first-order valence-corrected chi connectivity index (χ1v) is 7.37. The van der Waals surface area contributed by atoms with Crippen molar-refractivity contribution in [3.8, 4) is 0 Å². The average Bonchev–Trinajstić information content (AvgIpc) is 3.21. The molecule has 6 heteroatoms. The van der Waals surface area contributed by atoms with Crippen LogP contribution in [0.1, 0.15) is 37.1 Å². The van der Waals surface area contributed by atoms with Crippen molar-refractivity contribution < 1.29 is 4.92 Å². The third-order valence-corrected chi connectivity index (χ3v) is 4.60. The van der Waals surface area contributed by atoms with Gasteiger partial charge in [0.15, 0.2) is 0 Å². The first kappa shape index (κ1) is 13.5. The van der Waals surface area contributed by atoms with Crippen molar-refractivity contribution >= 4 is 5.69 Å². The Bertz CT molecular complexity index is 520. The molecule has 110 valence electrons. The smallest absolute Gasteiger partial charge is 0.284 e. The second kappa shape index (κ2) is 4.84. The molecule has 0 bridgehead atoms. The topological polar surface area (TPSA) is 64.2 Å². The van der Waals surface area contributed by atoms with Crippen molar-refractivity contribution in [2.45, 2.75) is 52.2 Å². The minimum Gasteiger partial charge on any atom is -0.284 e. The van der Waals surface area contributed by atoms with Crippen LogP contribution in [0.3, 0.4) is 0 Å². The average molecular weight is 278 g/mol. The van der Waals surface area contributed by atoms with Gasteiger partial charge in [-0.05, 0) is 58.4 Å². The molecule has 20 heavy (non-hydrogen) atoms. The fourth-order valence-electron chi connectivity index (χ4n) is 3.38. The minimum atomic E-state index is -0.326. The van der Waals surface area contributed by atoms with E-state index in [9.17, 15) is 10.1 Å². The zero-order valence-electron chi connectivity index (χ0n) is 12.4. The van der Waals surface area contributed by atoms with Crippen molar-refractivity contribution in [1.82, 2.24) is 14.7 Å². The first-order valence-electron chi connectivity index (χ1n) is 7.37. The lowest BCUT2D eigenvalue weighted by atomic mass is 10.1. The maximum Gasteiger partial charge on any atom is 0.312 e. The molecule has 0 aliphatic heterocycles. The molecular formula is C14H22N4O2. The second-order valence-corrected chi connectivity index (χ2v) is 6.34. The quantitative estimate of drug-likeness (QED) is 0.592. The van der Waals surface area contributed by atoms with E-state index >= 15 is 0 Å². The highest BCUT2D eigenvalue weighted by atomic mass is 16.6. The molecule has 0 unspecified atom stereocenters. The van der Waals surface area contributed by atoms with Gasteiger partial charge >= 0.3 is 5.69 Å². The summed E-state index contributed by atoms with van der Waals surface area (Å²) in [7, 11) is 2.13. The maximum atomic E-state index is 11.1. The standard InChI is InChI=1S/C14H22N4O2/c1-9-13(18(19)20)10(2)17(15-9)8-16(3)14(11-4-5-11)12-6-7-12/h11-12,14H,4-8H2,1-3H3. The summed E-state index contributed by atoms with van der Waals surface area (Å²) in [6.07, 6.45) is 5.34. The van der Waals surface area contributed by atoms with Gasteiger partial charge in [-0.2, -0.15) is 5.10 Å². The van der Waals surface area contributed by atoms with Crippen LogP contribution in [0.4, 0.5) is 5.69 Å². The largest absolute Gasteiger partial charge is 0.312 e. The lowest BCUT2D eigenvalue weighted by molar-refractivity contribution is -0.386. The molecule has 0 amide bonds. The minimum absolute atomic E-state index is 0.160. The number of nitrogens with zero attached hydrogens (tertiary/aromatic N) is 4. The molecule has 1 heterocycles. The molecule has 2 aliphatic rings. The van der Waals surface area contributed by atoms with Gasteiger partial charge in [0.2, 0.25) is 0 Å². The summed E-state index contributed by atoms with van der Waals surface area (Å²) in [6, 6.07) is 0.637. The van der Waals surface area contributed by atoms with Gasteiger partial charge in [-0.1, -0.05) is 0 Å². The molecule has 0 radical (unpaired) electrons. The number of hydrogen-bond acceptors (Lipinski definition) is 4. The fraction of sp³-hybridized carbons (Fsp3) is 0.786. The van der Waals surface area contributed by atoms with Crippen LogP contribution in [-0.4, -0.2) is 32.7 Å². The number of rotatable bonds is 6. The number of nitro groups is 1. The van der Waals surface area contributed by atoms with E-state index < -0.39 is 0 Å². The third kappa shape index (κ3) is 2.44. The monoisotopic (exact) mass is 278 g/mol. The van der Waals surface area contributed by atoms with Gasteiger partial charge in [0.05, 0.1) is 11.6 Å². The number of aromatic nitrogens is 2. The Morgan fingerprint density at radius 2 is 1.90 bits per heavy atom. The van der Waals surface area contributed by atoms with E-state index in [-0.39, 0.29) is 10.6 Å². The Hall–Kier alpha value is -1.43. The fourth-order valence-corrected chi connectivity index (χ4v) is 3.38. The van der Waals surface area contributed by atoms with Gasteiger partial charge in [0, 0.05) is 6.04 Å². The van der Waals surface area contributed by atoms with Crippen LogP contribution < -0.4 is 0 Å². The van der Waals surface area contributed by atoms with Gasteiger partial charge < -0.3 is 0 Å². The highest BCUT2D eigenvalue weighted by Crippen LogP contribution is 2.47. The van der Waals surface area contributed by atoms with Gasteiger partial charge in [-0.25, -0.2) is 4.68 Å². The van der Waals surface area contributed by atoms with Crippen molar-refractivity contribution in [2.75, 3.05) is 7.05 Å². The molecule has 2 saturated carbocycles. The highest BCUT2D eigenvalue weighted by molar-refractivity contribution is 5.39. The van der Waals surface area contributed by atoms with E-state index in [1.165, 1.54) is 25.7 Å². The van der Waals surface area contributed by atoms with Crippen LogP contribution in [0, 0.1) is 35.8 Å². The van der Waals surface area contributed by atoms with E-state index in [2.05, 4.69) is 17.0 Å². The lowest BCUT2D eigenvalue weighted by Crippen LogP contribution is -2.37. The third-order valence-electron chi connectivity index (χ3n) is 4.60. The van der Waals surface area contributed by atoms with Gasteiger partial charge in [0.25, 0.3) is 0 Å². The molecular weight excluding hydrogens is 256 g/mol. The summed E-state index contributed by atoms with van der Waals surface area (Å²) in [5, 5.41) is 15.4. The van der Waals surface area contributed by atoms with E-state index in [1.807, 2.05) is 0 Å². The van der Waals surface area contributed by atoms with E-state index in [0.29, 0.717) is 24.1 Å².